The molecule has 3 atom stereocenters. The quantitative estimate of drug-likeness (QED) is 0.286. The first-order chi connectivity index (χ1) is 15.9. The van der Waals surface area contributed by atoms with Crippen LogP contribution in [0.1, 0.15) is 44.1 Å². The van der Waals surface area contributed by atoms with Crippen molar-refractivity contribution in [3.63, 3.8) is 0 Å². The molecule has 12 heteroatoms. The number of fused-ring (bicyclic) bond motifs is 1. The van der Waals surface area contributed by atoms with Gasteiger partial charge in [-0.15, -0.1) is 0 Å². The summed E-state index contributed by atoms with van der Waals surface area (Å²) >= 11 is 2.23. The summed E-state index contributed by atoms with van der Waals surface area (Å²) < 4.78 is 89.6. The van der Waals surface area contributed by atoms with Gasteiger partial charge in [-0.1, -0.05) is 12.1 Å². The monoisotopic (exact) mass is 616 g/mol. The molecular weight excluding hydrogens is 592 g/mol. The fraction of sp³-hybridized carbons (Fsp3) is 0.682. The van der Waals surface area contributed by atoms with Gasteiger partial charge < -0.3 is 14.2 Å². The van der Waals surface area contributed by atoms with E-state index in [1.807, 2.05) is 18.2 Å². The van der Waals surface area contributed by atoms with Crippen molar-refractivity contribution in [2.45, 2.75) is 62.3 Å². The molecule has 188 valence electrons. The lowest BCUT2D eigenvalue weighted by Crippen LogP contribution is -2.67. The summed E-state index contributed by atoms with van der Waals surface area (Å²) in [5.41, 5.74) is 0.151. The lowest BCUT2D eigenvalue weighted by atomic mass is 9.47. The van der Waals surface area contributed by atoms with Crippen molar-refractivity contribution >= 4 is 38.7 Å². The van der Waals surface area contributed by atoms with Gasteiger partial charge in [0.1, 0.15) is 5.75 Å². The van der Waals surface area contributed by atoms with Crippen molar-refractivity contribution in [2.24, 2.45) is 23.2 Å². The summed E-state index contributed by atoms with van der Waals surface area (Å²) in [7, 11) is -5.91. The zero-order chi connectivity index (χ0) is 24.5. The number of carbonyl (C=O) groups is 1. The summed E-state index contributed by atoms with van der Waals surface area (Å²) in [5, 5.41) is -4.96. The van der Waals surface area contributed by atoms with E-state index in [-0.39, 0.29) is 17.8 Å². The van der Waals surface area contributed by atoms with E-state index in [4.69, 9.17) is 18.8 Å². The number of alkyl halides is 3. The predicted molar refractivity (Wildman–Crippen MR) is 120 cm³/mol. The van der Waals surface area contributed by atoms with Crippen molar-refractivity contribution < 1.29 is 45.1 Å². The number of hydrogen-bond donors (Lipinski definition) is 1. The molecule has 5 aliphatic rings. The predicted octanol–water partition coefficient (Wildman–Crippen LogP) is 4.47. The number of esters is 1. The van der Waals surface area contributed by atoms with Gasteiger partial charge >= 0.3 is 21.3 Å². The topological polar surface area (TPSA) is 99.1 Å². The minimum atomic E-state index is -5.91. The molecule has 1 spiro atoms. The van der Waals surface area contributed by atoms with E-state index in [1.54, 1.807) is 0 Å². The number of para-hydroxylation sites is 1. The van der Waals surface area contributed by atoms with Crippen LogP contribution in [0.3, 0.4) is 0 Å². The number of halogens is 4. The van der Waals surface area contributed by atoms with E-state index >= 15 is 0 Å². The average molecular weight is 616 g/mol. The van der Waals surface area contributed by atoms with Crippen LogP contribution in [0.15, 0.2) is 18.2 Å². The van der Waals surface area contributed by atoms with Gasteiger partial charge in [-0.05, 0) is 66.7 Å². The highest BCUT2D eigenvalue weighted by molar-refractivity contribution is 14.1. The second-order valence-corrected chi connectivity index (χ2v) is 12.5. The van der Waals surface area contributed by atoms with Gasteiger partial charge in [0.05, 0.1) is 22.2 Å². The van der Waals surface area contributed by atoms with E-state index in [0.717, 1.165) is 27.7 Å². The summed E-state index contributed by atoms with van der Waals surface area (Å²) in [4.78, 5) is 13.1. The highest BCUT2D eigenvalue weighted by Crippen LogP contribution is 2.66. The molecule has 4 bridgehead atoms. The summed E-state index contributed by atoms with van der Waals surface area (Å²) in [6.07, 6.45) is -1.04. The summed E-state index contributed by atoms with van der Waals surface area (Å²) in [6.45, 7) is -0.294. The number of carbonyl (C=O) groups excluding carboxylic acids is 1. The van der Waals surface area contributed by atoms with Gasteiger partial charge in [-0.3, -0.25) is 9.35 Å². The van der Waals surface area contributed by atoms with Gasteiger partial charge in [0.15, 0.2) is 6.17 Å². The zero-order valence-corrected chi connectivity index (χ0v) is 21.0. The van der Waals surface area contributed by atoms with E-state index < -0.39 is 51.7 Å². The van der Waals surface area contributed by atoms with Gasteiger partial charge in [-0.25, -0.2) is 4.39 Å². The van der Waals surface area contributed by atoms with Crippen LogP contribution in [0, 0.1) is 26.7 Å². The fourth-order valence-corrected chi connectivity index (χ4v) is 7.58. The molecular formula is C22H24F3IO7S. The number of hydrogen-bond acceptors (Lipinski definition) is 6. The Morgan fingerprint density at radius 1 is 1.26 bits per heavy atom. The van der Waals surface area contributed by atoms with Gasteiger partial charge in [0.25, 0.3) is 0 Å². The molecule has 0 radical (unpaired) electrons. The maximum Gasteiger partial charge on any atom is 0.400 e. The normalized spacial score (nSPS) is 35.0. The first-order valence-electron chi connectivity index (χ1n) is 11.1. The van der Waals surface area contributed by atoms with Crippen LogP contribution < -0.4 is 4.74 Å². The molecule has 3 unspecified atom stereocenters. The number of rotatable bonds is 6. The maximum atomic E-state index is 13.8. The Kier molecular flexibility index (Phi) is 5.93. The second kappa shape index (κ2) is 8.20. The Labute approximate surface area is 208 Å². The summed E-state index contributed by atoms with van der Waals surface area (Å²) in [5.74, 6) is -0.420. The van der Waals surface area contributed by atoms with Crippen molar-refractivity contribution in [1.29, 1.82) is 0 Å². The van der Waals surface area contributed by atoms with Crippen molar-refractivity contribution in [2.75, 3.05) is 6.61 Å². The lowest BCUT2D eigenvalue weighted by Gasteiger charge is -2.63. The van der Waals surface area contributed by atoms with E-state index in [0.29, 0.717) is 25.9 Å². The molecule has 0 aromatic heterocycles. The lowest BCUT2D eigenvalue weighted by molar-refractivity contribution is -0.326. The maximum absolute atomic E-state index is 13.8. The fourth-order valence-electron chi connectivity index (χ4n) is 6.48. The molecule has 6 rings (SSSR count). The minimum absolute atomic E-state index is 0.0479. The Hall–Kier alpha value is -1.12. The zero-order valence-electron chi connectivity index (χ0n) is 18.0. The third kappa shape index (κ3) is 3.74. The van der Waals surface area contributed by atoms with Crippen LogP contribution in [0.2, 0.25) is 0 Å². The Balaban J connectivity index is 1.28. The van der Waals surface area contributed by atoms with Gasteiger partial charge in [0.2, 0.25) is 5.79 Å². The van der Waals surface area contributed by atoms with Crippen LogP contribution in [0.5, 0.6) is 5.75 Å². The molecule has 1 heterocycles. The van der Waals surface area contributed by atoms with E-state index in [9.17, 15) is 26.4 Å². The molecule has 1 aliphatic heterocycles. The van der Waals surface area contributed by atoms with E-state index in [1.165, 1.54) is 0 Å². The van der Waals surface area contributed by atoms with Crippen LogP contribution >= 0.6 is 22.6 Å². The largest absolute Gasteiger partial charge is 0.465 e. The van der Waals surface area contributed by atoms with Crippen molar-refractivity contribution in [3.05, 3.63) is 27.3 Å². The third-order valence-corrected chi connectivity index (χ3v) is 9.63. The van der Waals surface area contributed by atoms with Gasteiger partial charge in [-0.2, -0.15) is 17.2 Å². The van der Waals surface area contributed by atoms with Crippen LogP contribution in [-0.2, 0) is 31.0 Å². The smallest absolute Gasteiger partial charge is 0.400 e. The molecule has 1 N–H and O–H groups in total. The van der Waals surface area contributed by atoms with Crippen molar-refractivity contribution in [3.8, 4) is 5.75 Å². The summed E-state index contributed by atoms with van der Waals surface area (Å²) in [6, 6.07) is 5.88. The minimum Gasteiger partial charge on any atom is -0.465 e. The van der Waals surface area contributed by atoms with E-state index in [2.05, 4.69) is 22.6 Å². The van der Waals surface area contributed by atoms with Crippen LogP contribution in [-0.4, -0.2) is 42.8 Å². The van der Waals surface area contributed by atoms with Crippen LogP contribution in [0.4, 0.5) is 13.2 Å². The Morgan fingerprint density at radius 3 is 2.59 bits per heavy atom. The standard InChI is InChI=1S/C22H24F3IO7S/c23-17(22(24,25)34(28,29)30)4-5-31-19(27)20-8-12-6-14(9-20)21(15(7-12)10-20)32-11-13-2-1-3-16(26)18(13)33-21/h1-3,12,14-15,17H,4-11H2,(H,28,29,30). The number of ether oxygens (including phenoxy) is 3. The Bertz CT molecular complexity index is 1100. The number of benzene rings is 1. The molecule has 7 nitrogen and oxygen atoms in total. The SMILES string of the molecule is O=C(OCCC(F)C(F)(F)S(=O)(=O)O)C12CC3CC(C1)C1(OCc4cccc(I)c4O1)C(C3)C2. The Morgan fingerprint density at radius 2 is 1.94 bits per heavy atom. The van der Waals surface area contributed by atoms with Gasteiger partial charge in [0, 0.05) is 23.8 Å². The van der Waals surface area contributed by atoms with Crippen LogP contribution in [0.25, 0.3) is 0 Å². The third-order valence-electron chi connectivity index (χ3n) is 7.84. The molecule has 0 amide bonds. The molecule has 4 aliphatic carbocycles. The second-order valence-electron chi connectivity index (χ2n) is 9.89. The van der Waals surface area contributed by atoms with Crippen molar-refractivity contribution in [1.82, 2.24) is 0 Å². The highest BCUT2D eigenvalue weighted by atomic mass is 127. The molecule has 4 fully saturated rings. The molecule has 1 aromatic rings. The molecule has 1 aromatic carbocycles. The molecule has 4 saturated carbocycles. The molecule has 34 heavy (non-hydrogen) atoms. The first-order valence-corrected chi connectivity index (χ1v) is 13.7. The average Bonchev–Trinajstić information content (AvgIpc) is 2.76. The first kappa shape index (κ1) is 24.6. The molecule has 0 saturated heterocycles. The highest BCUT2D eigenvalue weighted by Gasteiger charge is 2.68.